The molecule has 0 aliphatic rings. The van der Waals surface area contributed by atoms with E-state index in [-0.39, 0.29) is 16.7 Å². The Bertz CT molecular complexity index is 1600. The minimum absolute atomic E-state index is 0.0393. The molecule has 0 N–H and O–H groups in total. The molecular weight excluding hydrogens is 567 g/mol. The lowest BCUT2D eigenvalue weighted by Crippen LogP contribution is -1.98. The Hall–Kier alpha value is -4.27. The molecule has 0 unspecified atom stereocenters. The van der Waals surface area contributed by atoms with Crippen LogP contribution in [0.4, 0.5) is 39.5 Å². The maximum absolute atomic E-state index is 15.0. The largest absolute Gasteiger partial charge is 0.257 e. The van der Waals surface area contributed by atoms with Crippen LogP contribution in [0, 0.1) is 40.7 Å². The Balaban J connectivity index is 1.62. The van der Waals surface area contributed by atoms with Crippen molar-refractivity contribution in [1.82, 2.24) is 0 Å². The van der Waals surface area contributed by atoms with Gasteiger partial charge in [-0.15, -0.1) is 0 Å². The lowest BCUT2D eigenvalue weighted by Gasteiger charge is -2.12. The van der Waals surface area contributed by atoms with Crippen LogP contribution < -0.4 is 0 Å². The number of halogens is 9. The van der Waals surface area contributed by atoms with Crippen LogP contribution in [0.1, 0.15) is 35.6 Å². The zero-order valence-electron chi connectivity index (χ0n) is 22.1. The summed E-state index contributed by atoms with van der Waals surface area (Å²) < 4.78 is 128. The van der Waals surface area contributed by atoms with E-state index in [0.717, 1.165) is 54.5 Å². The van der Waals surface area contributed by atoms with Gasteiger partial charge in [0.1, 0.15) is 40.7 Å². The van der Waals surface area contributed by atoms with E-state index in [4.69, 9.17) is 0 Å². The SMILES string of the molecule is CCCc1ccc(-c2cc(F)c(-c3cc(F)c(/C=C/c4cc(F)c(C/C=C/C(F)F)c(F)c4)c(F)c3)c(F)c2)c(F)c1. The topological polar surface area (TPSA) is 0 Å². The van der Waals surface area contributed by atoms with E-state index >= 15 is 8.78 Å². The van der Waals surface area contributed by atoms with Crippen LogP contribution in [-0.4, -0.2) is 6.43 Å². The summed E-state index contributed by atoms with van der Waals surface area (Å²) in [6.45, 7) is 1.92. The van der Waals surface area contributed by atoms with Gasteiger partial charge in [-0.2, -0.15) is 0 Å². The molecule has 0 saturated carbocycles. The summed E-state index contributed by atoms with van der Waals surface area (Å²) in [7, 11) is 0. The van der Waals surface area contributed by atoms with Gasteiger partial charge in [-0.05, 0) is 89.7 Å². The van der Waals surface area contributed by atoms with Crippen molar-refractivity contribution < 1.29 is 39.5 Å². The fourth-order valence-electron chi connectivity index (χ4n) is 4.51. The predicted octanol–water partition coefficient (Wildman–Crippen LogP) is 10.5. The molecule has 0 bridgehead atoms. The van der Waals surface area contributed by atoms with Crippen molar-refractivity contribution in [3.8, 4) is 22.3 Å². The normalized spacial score (nSPS) is 11.9. The number of allylic oxidation sites excluding steroid dienone is 2. The molecule has 0 atom stereocenters. The molecule has 42 heavy (non-hydrogen) atoms. The molecule has 0 heterocycles. The second kappa shape index (κ2) is 13.1. The van der Waals surface area contributed by atoms with Crippen molar-refractivity contribution in [3.63, 3.8) is 0 Å². The highest BCUT2D eigenvalue weighted by molar-refractivity contribution is 5.75. The lowest BCUT2D eigenvalue weighted by molar-refractivity contribution is 0.204. The average molecular weight is 591 g/mol. The van der Waals surface area contributed by atoms with Crippen molar-refractivity contribution in [3.05, 3.63) is 130 Å². The summed E-state index contributed by atoms with van der Waals surface area (Å²) in [6.07, 6.45) is 1.52. The summed E-state index contributed by atoms with van der Waals surface area (Å²) in [6, 6.07) is 9.20. The third kappa shape index (κ3) is 6.95. The first kappa shape index (κ1) is 30.7. The summed E-state index contributed by atoms with van der Waals surface area (Å²) in [5.41, 5.74) is -1.81. The van der Waals surface area contributed by atoms with Gasteiger partial charge in [0.25, 0.3) is 6.43 Å². The Morgan fingerprint density at radius 3 is 1.79 bits per heavy atom. The molecule has 0 saturated heterocycles. The van der Waals surface area contributed by atoms with Crippen LogP contribution in [0.3, 0.4) is 0 Å². The monoisotopic (exact) mass is 590 g/mol. The van der Waals surface area contributed by atoms with Gasteiger partial charge < -0.3 is 0 Å². The predicted molar refractivity (Wildman–Crippen MR) is 145 cm³/mol. The third-order valence-electron chi connectivity index (χ3n) is 6.50. The van der Waals surface area contributed by atoms with Crippen molar-refractivity contribution in [2.75, 3.05) is 0 Å². The highest BCUT2D eigenvalue weighted by Gasteiger charge is 2.19. The van der Waals surface area contributed by atoms with Gasteiger partial charge in [-0.25, -0.2) is 39.5 Å². The fraction of sp³-hybridized carbons (Fsp3) is 0.152. The molecule has 0 aromatic heterocycles. The molecule has 9 heteroatoms. The number of aryl methyl sites for hydroxylation is 1. The second-order valence-electron chi connectivity index (χ2n) is 9.50. The highest BCUT2D eigenvalue weighted by Crippen LogP contribution is 2.34. The van der Waals surface area contributed by atoms with E-state index in [1.807, 2.05) is 6.92 Å². The number of hydrogen-bond acceptors (Lipinski definition) is 0. The Kier molecular flexibility index (Phi) is 9.60. The van der Waals surface area contributed by atoms with Crippen molar-refractivity contribution in [2.45, 2.75) is 32.6 Å². The first-order chi connectivity index (χ1) is 20.0. The first-order valence-corrected chi connectivity index (χ1v) is 12.9. The molecule has 0 nitrogen and oxygen atoms in total. The fourth-order valence-corrected chi connectivity index (χ4v) is 4.51. The minimum Gasteiger partial charge on any atom is -0.207 e. The van der Waals surface area contributed by atoms with E-state index < -0.39 is 75.8 Å². The van der Waals surface area contributed by atoms with E-state index in [0.29, 0.717) is 24.6 Å². The molecule has 0 fully saturated rings. The van der Waals surface area contributed by atoms with Crippen LogP contribution in [0.25, 0.3) is 34.4 Å². The number of hydrogen-bond donors (Lipinski definition) is 0. The van der Waals surface area contributed by atoms with Crippen LogP contribution in [0.2, 0.25) is 0 Å². The molecule has 0 amide bonds. The molecular formula is C33H23F9. The summed E-state index contributed by atoms with van der Waals surface area (Å²) >= 11 is 0. The van der Waals surface area contributed by atoms with Gasteiger partial charge in [-0.3, -0.25) is 0 Å². The van der Waals surface area contributed by atoms with E-state index in [9.17, 15) is 30.7 Å². The zero-order chi connectivity index (χ0) is 30.6. The van der Waals surface area contributed by atoms with Crippen molar-refractivity contribution in [2.24, 2.45) is 0 Å². The average Bonchev–Trinajstić information content (AvgIpc) is 2.89. The maximum atomic E-state index is 15.0. The Morgan fingerprint density at radius 2 is 1.24 bits per heavy atom. The van der Waals surface area contributed by atoms with Crippen LogP contribution in [0.5, 0.6) is 0 Å². The van der Waals surface area contributed by atoms with Crippen molar-refractivity contribution in [1.29, 1.82) is 0 Å². The number of benzene rings is 4. The van der Waals surface area contributed by atoms with Crippen LogP contribution in [-0.2, 0) is 12.8 Å². The summed E-state index contributed by atoms with van der Waals surface area (Å²) in [4.78, 5) is 0. The second-order valence-corrected chi connectivity index (χ2v) is 9.50. The molecule has 0 radical (unpaired) electrons. The molecule has 4 aromatic rings. The molecule has 0 spiro atoms. The highest BCUT2D eigenvalue weighted by atomic mass is 19.3. The molecule has 0 aliphatic carbocycles. The van der Waals surface area contributed by atoms with E-state index in [1.54, 1.807) is 6.07 Å². The minimum atomic E-state index is -2.78. The number of alkyl halides is 2. The number of rotatable bonds is 9. The quantitative estimate of drug-likeness (QED) is 0.103. The lowest BCUT2D eigenvalue weighted by atomic mass is 9.96. The Morgan fingerprint density at radius 1 is 0.643 bits per heavy atom. The molecule has 0 aliphatic heterocycles. The van der Waals surface area contributed by atoms with Gasteiger partial charge in [0.05, 0.1) is 5.56 Å². The zero-order valence-corrected chi connectivity index (χ0v) is 22.1. The third-order valence-corrected chi connectivity index (χ3v) is 6.50. The van der Waals surface area contributed by atoms with E-state index in [2.05, 4.69) is 0 Å². The van der Waals surface area contributed by atoms with Crippen LogP contribution in [0.15, 0.2) is 66.7 Å². The summed E-state index contributed by atoms with van der Waals surface area (Å²) in [5.74, 6) is -7.52. The first-order valence-electron chi connectivity index (χ1n) is 12.9. The van der Waals surface area contributed by atoms with Crippen LogP contribution >= 0.6 is 0 Å². The standard InChI is InChI=1S/C33H23F9/c1-2-4-18-7-9-22(25(34)11-18)20-14-30(39)33(31(40)15-20)21-16-28(37)24(29(38)17-21)10-8-19-12-26(35)23(27(36)13-19)5-3-6-32(41)42/h3,6-17,32H,2,4-5H2,1H3/b6-3+,10-8+. The van der Waals surface area contributed by atoms with Gasteiger partial charge >= 0.3 is 0 Å². The molecule has 4 aromatic carbocycles. The smallest absolute Gasteiger partial charge is 0.207 e. The van der Waals surface area contributed by atoms with Gasteiger partial charge in [0, 0.05) is 16.7 Å². The summed E-state index contributed by atoms with van der Waals surface area (Å²) in [5, 5.41) is 0. The van der Waals surface area contributed by atoms with Crippen molar-refractivity contribution >= 4 is 12.2 Å². The maximum Gasteiger partial charge on any atom is 0.257 e. The van der Waals surface area contributed by atoms with Gasteiger partial charge in [0.2, 0.25) is 0 Å². The van der Waals surface area contributed by atoms with Gasteiger partial charge in [-0.1, -0.05) is 37.6 Å². The molecule has 4 rings (SSSR count). The van der Waals surface area contributed by atoms with Gasteiger partial charge in [0.15, 0.2) is 0 Å². The molecule has 218 valence electrons. The van der Waals surface area contributed by atoms with E-state index in [1.165, 1.54) is 12.1 Å². The Labute approximate surface area is 236 Å².